The lowest BCUT2D eigenvalue weighted by Gasteiger charge is -2.36. The SMILES string of the molecule is NC(=O)C(c1ccccc1)(c1ccccn1)[C@H]1CCNC1. The molecule has 0 spiro atoms. The van der Waals surface area contributed by atoms with Crippen LogP contribution >= 0.6 is 0 Å². The molecular formula is C17H19N3O. The van der Waals surface area contributed by atoms with Crippen LogP contribution in [0.3, 0.4) is 0 Å². The van der Waals surface area contributed by atoms with Gasteiger partial charge in [0.15, 0.2) is 0 Å². The summed E-state index contributed by atoms with van der Waals surface area (Å²) in [5.41, 5.74) is 6.69. The number of nitrogens with one attached hydrogen (secondary N) is 1. The molecule has 1 unspecified atom stereocenters. The molecule has 0 bridgehead atoms. The van der Waals surface area contributed by atoms with Crippen molar-refractivity contribution in [3.8, 4) is 0 Å². The van der Waals surface area contributed by atoms with Crippen molar-refractivity contribution in [3.05, 3.63) is 66.0 Å². The van der Waals surface area contributed by atoms with E-state index in [9.17, 15) is 4.79 Å². The first-order valence-corrected chi connectivity index (χ1v) is 7.24. The number of primary amides is 1. The molecule has 1 aliphatic heterocycles. The van der Waals surface area contributed by atoms with Crippen molar-refractivity contribution >= 4 is 5.91 Å². The molecule has 4 nitrogen and oxygen atoms in total. The molecule has 2 heterocycles. The van der Waals surface area contributed by atoms with Crippen LogP contribution in [0.1, 0.15) is 17.7 Å². The monoisotopic (exact) mass is 281 g/mol. The summed E-state index contributed by atoms with van der Waals surface area (Å²) < 4.78 is 0. The minimum Gasteiger partial charge on any atom is -0.369 e. The van der Waals surface area contributed by atoms with Crippen LogP contribution in [0.15, 0.2) is 54.7 Å². The second-order valence-corrected chi connectivity index (χ2v) is 5.44. The summed E-state index contributed by atoms with van der Waals surface area (Å²) in [5, 5.41) is 3.34. The highest BCUT2D eigenvalue weighted by molar-refractivity contribution is 5.90. The Morgan fingerprint density at radius 3 is 2.52 bits per heavy atom. The van der Waals surface area contributed by atoms with Crippen molar-refractivity contribution in [2.24, 2.45) is 11.7 Å². The van der Waals surface area contributed by atoms with Gasteiger partial charge in [-0.05, 0) is 43.1 Å². The summed E-state index contributed by atoms with van der Waals surface area (Å²) in [5.74, 6) is -0.214. The Kier molecular flexibility index (Phi) is 3.71. The van der Waals surface area contributed by atoms with E-state index in [0.717, 1.165) is 30.8 Å². The first-order valence-electron chi connectivity index (χ1n) is 7.24. The van der Waals surface area contributed by atoms with Crippen molar-refractivity contribution in [2.45, 2.75) is 11.8 Å². The average Bonchev–Trinajstić information content (AvgIpc) is 3.04. The number of benzene rings is 1. The molecule has 1 aromatic carbocycles. The maximum absolute atomic E-state index is 12.6. The Morgan fingerprint density at radius 2 is 1.95 bits per heavy atom. The van der Waals surface area contributed by atoms with Crippen molar-refractivity contribution < 1.29 is 4.79 Å². The highest BCUT2D eigenvalue weighted by Gasteiger charge is 2.49. The van der Waals surface area contributed by atoms with Gasteiger partial charge in [0.25, 0.3) is 0 Å². The van der Waals surface area contributed by atoms with Gasteiger partial charge in [-0.1, -0.05) is 36.4 Å². The molecule has 1 aliphatic rings. The minimum absolute atomic E-state index is 0.118. The van der Waals surface area contributed by atoms with Crippen LogP contribution in [0.5, 0.6) is 0 Å². The molecule has 21 heavy (non-hydrogen) atoms. The third-order valence-corrected chi connectivity index (χ3v) is 4.36. The van der Waals surface area contributed by atoms with Gasteiger partial charge < -0.3 is 11.1 Å². The van der Waals surface area contributed by atoms with E-state index in [0.29, 0.717) is 0 Å². The third kappa shape index (κ3) is 2.21. The lowest BCUT2D eigenvalue weighted by atomic mass is 9.66. The number of carbonyl (C=O) groups is 1. The van der Waals surface area contributed by atoms with Gasteiger partial charge in [0.1, 0.15) is 5.41 Å². The number of carbonyl (C=O) groups excluding carboxylic acids is 1. The van der Waals surface area contributed by atoms with Gasteiger partial charge in [0.2, 0.25) is 5.91 Å². The number of hydrogen-bond donors (Lipinski definition) is 2. The number of aromatic nitrogens is 1. The highest BCUT2D eigenvalue weighted by atomic mass is 16.1. The topological polar surface area (TPSA) is 68.0 Å². The number of nitrogens with two attached hydrogens (primary N) is 1. The van der Waals surface area contributed by atoms with Crippen LogP contribution in [0.4, 0.5) is 0 Å². The lowest BCUT2D eigenvalue weighted by Crippen LogP contribution is -2.49. The molecule has 2 aromatic rings. The molecule has 0 saturated carbocycles. The number of pyridine rings is 1. The molecule has 1 fully saturated rings. The number of hydrogen-bond acceptors (Lipinski definition) is 3. The van der Waals surface area contributed by atoms with Crippen LogP contribution in [0.25, 0.3) is 0 Å². The molecule has 1 aromatic heterocycles. The zero-order valence-corrected chi connectivity index (χ0v) is 11.8. The van der Waals surface area contributed by atoms with E-state index in [1.165, 1.54) is 0 Å². The second kappa shape index (κ2) is 5.66. The maximum Gasteiger partial charge on any atom is 0.234 e. The number of nitrogens with zero attached hydrogens (tertiary/aromatic N) is 1. The first-order chi connectivity index (χ1) is 10.3. The maximum atomic E-state index is 12.6. The van der Waals surface area contributed by atoms with E-state index in [-0.39, 0.29) is 11.8 Å². The predicted octanol–water partition coefficient (Wildman–Crippen LogP) is 1.46. The van der Waals surface area contributed by atoms with E-state index in [1.54, 1.807) is 6.20 Å². The normalized spacial score (nSPS) is 20.9. The Hall–Kier alpha value is -2.20. The first kappa shape index (κ1) is 13.8. The molecule has 3 rings (SSSR count). The summed E-state index contributed by atoms with van der Waals surface area (Å²) in [6.45, 7) is 1.67. The van der Waals surface area contributed by atoms with Crippen LogP contribution in [0.2, 0.25) is 0 Å². The zero-order chi connectivity index (χ0) is 14.7. The van der Waals surface area contributed by atoms with Crippen LogP contribution in [-0.2, 0) is 10.2 Å². The quantitative estimate of drug-likeness (QED) is 0.891. The van der Waals surface area contributed by atoms with Crippen LogP contribution in [0, 0.1) is 5.92 Å². The third-order valence-electron chi connectivity index (χ3n) is 4.36. The van der Waals surface area contributed by atoms with Crippen molar-refractivity contribution in [1.29, 1.82) is 0 Å². The molecule has 0 radical (unpaired) electrons. The van der Waals surface area contributed by atoms with E-state index >= 15 is 0 Å². The van der Waals surface area contributed by atoms with Crippen molar-refractivity contribution in [2.75, 3.05) is 13.1 Å². The molecule has 0 aliphatic carbocycles. The van der Waals surface area contributed by atoms with Gasteiger partial charge in [-0.15, -0.1) is 0 Å². The molecule has 2 atom stereocenters. The summed E-state index contributed by atoms with van der Waals surface area (Å²) >= 11 is 0. The Morgan fingerprint density at radius 1 is 1.19 bits per heavy atom. The van der Waals surface area contributed by atoms with Gasteiger partial charge in [-0.3, -0.25) is 9.78 Å². The fraction of sp³-hybridized carbons (Fsp3) is 0.294. The highest BCUT2D eigenvalue weighted by Crippen LogP contribution is 2.40. The van der Waals surface area contributed by atoms with Crippen molar-refractivity contribution in [1.82, 2.24) is 10.3 Å². The van der Waals surface area contributed by atoms with Crippen LogP contribution < -0.4 is 11.1 Å². The smallest absolute Gasteiger partial charge is 0.234 e. The summed E-state index contributed by atoms with van der Waals surface area (Å²) in [6, 6.07) is 15.4. The van der Waals surface area contributed by atoms with Gasteiger partial charge in [0, 0.05) is 6.20 Å². The molecular weight excluding hydrogens is 262 g/mol. The average molecular weight is 281 g/mol. The summed E-state index contributed by atoms with van der Waals surface area (Å²) in [4.78, 5) is 17.0. The Labute approximate surface area is 124 Å². The van der Waals surface area contributed by atoms with Crippen molar-refractivity contribution in [3.63, 3.8) is 0 Å². The number of amides is 1. The van der Waals surface area contributed by atoms with E-state index in [1.807, 2.05) is 48.5 Å². The number of rotatable bonds is 4. The van der Waals surface area contributed by atoms with Gasteiger partial charge in [-0.25, -0.2) is 0 Å². The molecule has 3 N–H and O–H groups in total. The summed E-state index contributed by atoms with van der Waals surface area (Å²) in [6.07, 6.45) is 2.63. The fourth-order valence-electron chi connectivity index (χ4n) is 3.38. The Balaban J connectivity index is 2.24. The fourth-order valence-corrected chi connectivity index (χ4v) is 3.38. The minimum atomic E-state index is -0.869. The van der Waals surface area contributed by atoms with E-state index in [2.05, 4.69) is 10.3 Å². The summed E-state index contributed by atoms with van der Waals surface area (Å²) in [7, 11) is 0. The predicted molar refractivity (Wildman–Crippen MR) is 81.6 cm³/mol. The molecule has 108 valence electrons. The van der Waals surface area contributed by atoms with E-state index in [4.69, 9.17) is 5.73 Å². The molecule has 1 amide bonds. The largest absolute Gasteiger partial charge is 0.369 e. The lowest BCUT2D eigenvalue weighted by molar-refractivity contribution is -0.123. The van der Waals surface area contributed by atoms with Crippen LogP contribution in [-0.4, -0.2) is 24.0 Å². The second-order valence-electron chi connectivity index (χ2n) is 5.44. The van der Waals surface area contributed by atoms with Gasteiger partial charge in [0.05, 0.1) is 5.69 Å². The molecule has 4 heteroatoms. The molecule has 1 saturated heterocycles. The Bertz CT molecular complexity index is 567. The van der Waals surface area contributed by atoms with Gasteiger partial charge >= 0.3 is 0 Å². The van der Waals surface area contributed by atoms with E-state index < -0.39 is 5.41 Å². The zero-order valence-electron chi connectivity index (χ0n) is 11.8. The standard InChI is InChI=1S/C17H19N3O/c18-16(21)17(14-9-11-19-12-14,13-6-2-1-3-7-13)15-8-4-5-10-20-15/h1-8,10,14,19H,9,11-12H2,(H2,18,21)/t14-,17?/m0/s1. The van der Waals surface area contributed by atoms with Gasteiger partial charge in [-0.2, -0.15) is 0 Å².